The van der Waals surface area contributed by atoms with Crippen LogP contribution in [0.15, 0.2) is 58.0 Å². The minimum atomic E-state index is -3.81. The number of aryl methyl sites for hydroxylation is 1. The predicted octanol–water partition coefficient (Wildman–Crippen LogP) is 1.17. The molecule has 0 aliphatic rings. The zero-order valence-corrected chi connectivity index (χ0v) is 14.9. The van der Waals surface area contributed by atoms with Crippen molar-refractivity contribution in [3.8, 4) is 0 Å². The van der Waals surface area contributed by atoms with E-state index in [9.17, 15) is 18.0 Å². The average molecular weight is 389 g/mol. The van der Waals surface area contributed by atoms with Gasteiger partial charge in [-0.3, -0.25) is 14.3 Å². The fourth-order valence-corrected chi connectivity index (χ4v) is 2.72. The molecule has 2 amide bonds. The van der Waals surface area contributed by atoms with Crippen LogP contribution in [0.1, 0.15) is 21.0 Å². The summed E-state index contributed by atoms with van der Waals surface area (Å²) in [6.45, 7) is 0. The highest BCUT2D eigenvalue weighted by atomic mass is 32.2. The average Bonchev–Trinajstić information content (AvgIpc) is 3.25. The van der Waals surface area contributed by atoms with E-state index in [1.165, 1.54) is 47.3 Å². The molecule has 0 atom stereocenters. The topological polar surface area (TPSA) is 149 Å². The standard InChI is InChI=1S/C16H15N5O5S/c1-21-14(19-16(23)13-3-2-8-26-13)9-12(20-21)15(22)18-10-4-6-11(7-5-10)27(17,24)25/h2-9H,1H3,(H,18,22)(H,19,23)(H2,17,24,25). The number of nitrogens with one attached hydrogen (secondary N) is 2. The smallest absolute Gasteiger partial charge is 0.292 e. The second-order valence-corrected chi connectivity index (χ2v) is 7.05. The van der Waals surface area contributed by atoms with Gasteiger partial charge in [0.15, 0.2) is 11.5 Å². The van der Waals surface area contributed by atoms with Crippen LogP contribution < -0.4 is 15.8 Å². The lowest BCUT2D eigenvalue weighted by Crippen LogP contribution is -2.14. The zero-order chi connectivity index (χ0) is 19.6. The Balaban J connectivity index is 1.71. The molecule has 10 nitrogen and oxygen atoms in total. The summed E-state index contributed by atoms with van der Waals surface area (Å²) >= 11 is 0. The molecule has 0 unspecified atom stereocenters. The van der Waals surface area contributed by atoms with E-state index in [4.69, 9.17) is 9.56 Å². The second kappa shape index (κ2) is 7.05. The van der Waals surface area contributed by atoms with Crippen LogP contribution in [0.25, 0.3) is 0 Å². The van der Waals surface area contributed by atoms with E-state index in [0.717, 1.165) is 0 Å². The zero-order valence-electron chi connectivity index (χ0n) is 14.0. The third-order valence-corrected chi connectivity index (χ3v) is 4.47. The number of primary sulfonamides is 1. The van der Waals surface area contributed by atoms with Crippen molar-refractivity contribution in [3.63, 3.8) is 0 Å². The molecule has 0 bridgehead atoms. The molecule has 0 saturated heterocycles. The van der Waals surface area contributed by atoms with Crippen molar-refractivity contribution < 1.29 is 22.4 Å². The number of nitrogens with zero attached hydrogens (tertiary/aromatic N) is 2. The van der Waals surface area contributed by atoms with Gasteiger partial charge < -0.3 is 15.1 Å². The van der Waals surface area contributed by atoms with Gasteiger partial charge in [-0.15, -0.1) is 0 Å². The van der Waals surface area contributed by atoms with Gasteiger partial charge in [0.25, 0.3) is 11.8 Å². The van der Waals surface area contributed by atoms with E-state index < -0.39 is 21.8 Å². The van der Waals surface area contributed by atoms with E-state index in [-0.39, 0.29) is 16.3 Å². The van der Waals surface area contributed by atoms with Crippen molar-refractivity contribution in [3.05, 3.63) is 60.2 Å². The molecule has 3 aromatic rings. The molecule has 0 aliphatic carbocycles. The van der Waals surface area contributed by atoms with Gasteiger partial charge in [-0.05, 0) is 36.4 Å². The lowest BCUT2D eigenvalue weighted by Gasteiger charge is -2.04. The minimum absolute atomic E-state index is 0.0581. The number of anilines is 2. The van der Waals surface area contributed by atoms with E-state index in [0.29, 0.717) is 11.5 Å². The van der Waals surface area contributed by atoms with Crippen molar-refractivity contribution in [2.75, 3.05) is 10.6 Å². The van der Waals surface area contributed by atoms with Crippen LogP contribution in [-0.2, 0) is 17.1 Å². The fourth-order valence-electron chi connectivity index (χ4n) is 2.20. The molecule has 2 aromatic heterocycles. The Morgan fingerprint density at radius 1 is 1.11 bits per heavy atom. The molecule has 1 aromatic carbocycles. The highest BCUT2D eigenvalue weighted by Gasteiger charge is 2.17. The van der Waals surface area contributed by atoms with E-state index in [2.05, 4.69) is 15.7 Å². The summed E-state index contributed by atoms with van der Waals surface area (Å²) in [5, 5.41) is 14.2. The van der Waals surface area contributed by atoms with Crippen LogP contribution >= 0.6 is 0 Å². The Labute approximate surface area is 154 Å². The molecule has 2 heterocycles. The van der Waals surface area contributed by atoms with Crippen molar-refractivity contribution in [2.24, 2.45) is 12.2 Å². The van der Waals surface area contributed by atoms with Gasteiger partial charge in [-0.25, -0.2) is 13.6 Å². The number of hydrogen-bond acceptors (Lipinski definition) is 6. The SMILES string of the molecule is Cn1nc(C(=O)Nc2ccc(S(N)(=O)=O)cc2)cc1NC(=O)c1ccco1. The second-order valence-electron chi connectivity index (χ2n) is 5.49. The van der Waals surface area contributed by atoms with Gasteiger partial charge in [0, 0.05) is 18.8 Å². The fraction of sp³-hybridized carbons (Fsp3) is 0.0625. The molecular formula is C16H15N5O5S. The number of amides is 2. The van der Waals surface area contributed by atoms with Crippen LogP contribution in [-0.4, -0.2) is 30.0 Å². The number of carbonyl (C=O) groups excluding carboxylic acids is 2. The number of nitrogens with two attached hydrogens (primary N) is 1. The lowest BCUT2D eigenvalue weighted by atomic mass is 10.3. The number of hydrogen-bond donors (Lipinski definition) is 3. The molecular weight excluding hydrogens is 374 g/mol. The molecule has 4 N–H and O–H groups in total. The van der Waals surface area contributed by atoms with Gasteiger partial charge in [0.05, 0.1) is 11.2 Å². The van der Waals surface area contributed by atoms with Gasteiger partial charge in [0.1, 0.15) is 5.82 Å². The normalized spacial score (nSPS) is 11.2. The quantitative estimate of drug-likeness (QED) is 0.596. The Kier molecular flexibility index (Phi) is 4.79. The largest absolute Gasteiger partial charge is 0.459 e. The van der Waals surface area contributed by atoms with Gasteiger partial charge in [-0.2, -0.15) is 5.10 Å². The predicted molar refractivity (Wildman–Crippen MR) is 95.6 cm³/mol. The maximum Gasteiger partial charge on any atom is 0.292 e. The molecule has 27 heavy (non-hydrogen) atoms. The van der Waals surface area contributed by atoms with Crippen LogP contribution in [0, 0.1) is 0 Å². The van der Waals surface area contributed by atoms with E-state index >= 15 is 0 Å². The summed E-state index contributed by atoms with van der Waals surface area (Å²) in [4.78, 5) is 24.3. The van der Waals surface area contributed by atoms with Gasteiger partial charge >= 0.3 is 0 Å². The molecule has 140 valence electrons. The molecule has 0 spiro atoms. The summed E-state index contributed by atoms with van der Waals surface area (Å²) in [5.74, 6) is -0.593. The summed E-state index contributed by atoms with van der Waals surface area (Å²) < 4.78 is 28.8. The Hall–Kier alpha value is -3.44. The molecule has 0 saturated carbocycles. The maximum atomic E-state index is 12.3. The first kappa shape index (κ1) is 18.4. The number of rotatable bonds is 5. The summed E-state index contributed by atoms with van der Waals surface area (Å²) in [7, 11) is -2.24. The first-order valence-corrected chi connectivity index (χ1v) is 9.12. The Morgan fingerprint density at radius 2 is 1.81 bits per heavy atom. The van der Waals surface area contributed by atoms with E-state index in [1.54, 1.807) is 13.1 Å². The maximum absolute atomic E-state index is 12.3. The first-order chi connectivity index (χ1) is 12.7. The van der Waals surface area contributed by atoms with E-state index in [1.807, 2.05) is 0 Å². The molecule has 0 aliphatic heterocycles. The van der Waals surface area contributed by atoms with Crippen molar-refractivity contribution >= 4 is 33.3 Å². The van der Waals surface area contributed by atoms with Gasteiger partial charge in [-0.1, -0.05) is 0 Å². The van der Waals surface area contributed by atoms with Crippen molar-refractivity contribution in [1.82, 2.24) is 9.78 Å². The van der Waals surface area contributed by atoms with Crippen molar-refractivity contribution in [1.29, 1.82) is 0 Å². The molecule has 3 rings (SSSR count). The molecule has 0 fully saturated rings. The third kappa shape index (κ3) is 4.22. The summed E-state index contributed by atoms with van der Waals surface area (Å²) in [6.07, 6.45) is 1.37. The van der Waals surface area contributed by atoms with Crippen LogP contribution in [0.3, 0.4) is 0 Å². The Bertz CT molecular complexity index is 1080. The monoisotopic (exact) mass is 389 g/mol. The summed E-state index contributed by atoms with van der Waals surface area (Å²) in [6, 6.07) is 9.84. The molecule has 11 heteroatoms. The first-order valence-electron chi connectivity index (χ1n) is 7.57. The number of carbonyl (C=O) groups is 2. The van der Waals surface area contributed by atoms with Gasteiger partial charge in [0.2, 0.25) is 10.0 Å². The number of sulfonamides is 1. The number of furan rings is 1. The van der Waals surface area contributed by atoms with Crippen LogP contribution in [0.4, 0.5) is 11.5 Å². The number of benzene rings is 1. The Morgan fingerprint density at radius 3 is 2.41 bits per heavy atom. The minimum Gasteiger partial charge on any atom is -0.459 e. The van der Waals surface area contributed by atoms with Crippen molar-refractivity contribution in [2.45, 2.75) is 4.90 Å². The summed E-state index contributed by atoms with van der Waals surface area (Å²) in [5.41, 5.74) is 0.419. The highest BCUT2D eigenvalue weighted by molar-refractivity contribution is 7.89. The highest BCUT2D eigenvalue weighted by Crippen LogP contribution is 2.16. The lowest BCUT2D eigenvalue weighted by molar-refractivity contribution is 0.0993. The third-order valence-electron chi connectivity index (χ3n) is 3.54. The van der Waals surface area contributed by atoms with Crippen LogP contribution in [0.2, 0.25) is 0 Å². The number of aromatic nitrogens is 2. The molecule has 0 radical (unpaired) electrons. The van der Waals surface area contributed by atoms with Crippen LogP contribution in [0.5, 0.6) is 0 Å².